The standard InChI is InChI=1S/C17H20BrNO/c1-3-19(4-2)17(18)12-10-15(11-13-17)16(20)14-8-6-5-7-9-14/h5-12H,3-4,13H2,1-2H3. The number of Topliss-reactive ketones (excluding diaryl/α,β-unsaturated/α-hetero) is 1. The van der Waals surface area contributed by atoms with Gasteiger partial charge in [-0.2, -0.15) is 0 Å². The van der Waals surface area contributed by atoms with Crippen LogP contribution in [-0.2, 0) is 0 Å². The fraction of sp³-hybridized carbons (Fsp3) is 0.353. The molecule has 0 bridgehead atoms. The Balaban J connectivity index is 2.15. The zero-order chi connectivity index (χ0) is 14.6. The molecule has 2 rings (SSSR count). The Morgan fingerprint density at radius 2 is 1.90 bits per heavy atom. The molecule has 20 heavy (non-hydrogen) atoms. The first-order valence-corrected chi connectivity index (χ1v) is 7.83. The van der Waals surface area contributed by atoms with Gasteiger partial charge in [-0.05, 0) is 19.5 Å². The molecule has 1 aliphatic carbocycles. The monoisotopic (exact) mass is 333 g/mol. The molecule has 1 aliphatic rings. The van der Waals surface area contributed by atoms with E-state index in [9.17, 15) is 4.79 Å². The lowest BCUT2D eigenvalue weighted by molar-refractivity contribution is 0.103. The molecule has 106 valence electrons. The molecule has 0 saturated heterocycles. The zero-order valence-electron chi connectivity index (χ0n) is 12.0. The van der Waals surface area contributed by atoms with Gasteiger partial charge in [-0.25, -0.2) is 0 Å². The summed E-state index contributed by atoms with van der Waals surface area (Å²) in [5.74, 6) is 0.0935. The number of halogens is 1. The van der Waals surface area contributed by atoms with Crippen LogP contribution in [0.25, 0.3) is 0 Å². The lowest BCUT2D eigenvalue weighted by Gasteiger charge is -2.37. The highest BCUT2D eigenvalue weighted by molar-refractivity contribution is 9.10. The van der Waals surface area contributed by atoms with Crippen LogP contribution in [0.5, 0.6) is 0 Å². The molecule has 0 N–H and O–H groups in total. The second-order valence-electron chi connectivity index (χ2n) is 4.88. The van der Waals surface area contributed by atoms with Gasteiger partial charge in [-0.3, -0.25) is 9.69 Å². The summed E-state index contributed by atoms with van der Waals surface area (Å²) < 4.78 is -0.156. The predicted molar refractivity (Wildman–Crippen MR) is 87.2 cm³/mol. The quantitative estimate of drug-likeness (QED) is 0.457. The van der Waals surface area contributed by atoms with Gasteiger partial charge < -0.3 is 0 Å². The van der Waals surface area contributed by atoms with Crippen molar-refractivity contribution < 1.29 is 4.79 Å². The smallest absolute Gasteiger partial charge is 0.192 e. The molecule has 0 heterocycles. The molecule has 0 aliphatic heterocycles. The minimum Gasteiger partial charge on any atom is -0.289 e. The molecule has 1 aromatic carbocycles. The van der Waals surface area contributed by atoms with Crippen LogP contribution in [0.4, 0.5) is 0 Å². The molecule has 1 unspecified atom stereocenters. The van der Waals surface area contributed by atoms with Crippen LogP contribution >= 0.6 is 15.9 Å². The Kier molecular flexibility index (Phi) is 4.95. The van der Waals surface area contributed by atoms with Gasteiger partial charge in [0.25, 0.3) is 0 Å². The Hall–Kier alpha value is -1.19. The number of carbonyl (C=O) groups is 1. The van der Waals surface area contributed by atoms with Gasteiger partial charge in [-0.15, -0.1) is 0 Å². The molecule has 0 saturated carbocycles. The molecule has 0 amide bonds. The number of alkyl halides is 1. The SMILES string of the molecule is CCN(CC)C1(Br)C=CC(C(=O)c2ccccc2)=CC1. The maximum Gasteiger partial charge on any atom is 0.192 e. The maximum atomic E-state index is 12.4. The molecule has 1 atom stereocenters. The third-order valence-corrected chi connectivity index (χ3v) is 4.80. The summed E-state index contributed by atoms with van der Waals surface area (Å²) in [7, 11) is 0. The van der Waals surface area contributed by atoms with Gasteiger partial charge in [0.1, 0.15) is 0 Å². The van der Waals surface area contributed by atoms with E-state index in [-0.39, 0.29) is 10.2 Å². The number of allylic oxidation sites excluding steroid dienone is 2. The fourth-order valence-electron chi connectivity index (χ4n) is 2.52. The van der Waals surface area contributed by atoms with Crippen LogP contribution in [-0.4, -0.2) is 28.2 Å². The van der Waals surface area contributed by atoms with Gasteiger partial charge in [0, 0.05) is 11.1 Å². The van der Waals surface area contributed by atoms with E-state index in [0.717, 1.165) is 30.6 Å². The van der Waals surface area contributed by atoms with E-state index in [2.05, 4.69) is 40.8 Å². The summed E-state index contributed by atoms with van der Waals surface area (Å²) >= 11 is 3.80. The second kappa shape index (κ2) is 6.51. The molecule has 2 nitrogen and oxygen atoms in total. The van der Waals surface area contributed by atoms with Gasteiger partial charge in [-0.1, -0.05) is 78.3 Å². The first kappa shape index (κ1) is 15.2. The van der Waals surface area contributed by atoms with Crippen LogP contribution in [0.15, 0.2) is 54.1 Å². The third-order valence-electron chi connectivity index (χ3n) is 3.71. The number of hydrogen-bond acceptors (Lipinski definition) is 2. The van der Waals surface area contributed by atoms with E-state index >= 15 is 0 Å². The van der Waals surface area contributed by atoms with E-state index in [4.69, 9.17) is 0 Å². The molecular weight excluding hydrogens is 314 g/mol. The molecule has 0 spiro atoms. The first-order valence-electron chi connectivity index (χ1n) is 7.04. The largest absolute Gasteiger partial charge is 0.289 e. The average Bonchev–Trinajstić information content (AvgIpc) is 2.49. The zero-order valence-corrected chi connectivity index (χ0v) is 13.6. The van der Waals surface area contributed by atoms with Gasteiger partial charge in [0.2, 0.25) is 0 Å². The highest BCUT2D eigenvalue weighted by Crippen LogP contribution is 2.34. The summed E-state index contributed by atoms with van der Waals surface area (Å²) in [5.41, 5.74) is 1.52. The number of carbonyl (C=O) groups excluding carboxylic acids is 1. The van der Waals surface area contributed by atoms with Crippen molar-refractivity contribution in [3.63, 3.8) is 0 Å². The van der Waals surface area contributed by atoms with Crippen molar-refractivity contribution in [1.29, 1.82) is 0 Å². The fourth-order valence-corrected chi connectivity index (χ4v) is 3.31. The normalized spacial score (nSPS) is 21.9. The Morgan fingerprint density at radius 3 is 2.40 bits per heavy atom. The van der Waals surface area contributed by atoms with Gasteiger partial charge in [0.15, 0.2) is 5.78 Å². The van der Waals surface area contributed by atoms with Gasteiger partial charge in [0.05, 0.1) is 4.45 Å². The van der Waals surface area contributed by atoms with E-state index in [1.54, 1.807) is 0 Å². The number of rotatable bonds is 5. The minimum absolute atomic E-state index is 0.0935. The highest BCUT2D eigenvalue weighted by atomic mass is 79.9. The maximum absolute atomic E-state index is 12.4. The van der Waals surface area contributed by atoms with Crippen molar-refractivity contribution >= 4 is 21.7 Å². The van der Waals surface area contributed by atoms with Crippen molar-refractivity contribution in [2.45, 2.75) is 24.7 Å². The van der Waals surface area contributed by atoms with Crippen molar-refractivity contribution in [1.82, 2.24) is 4.90 Å². The van der Waals surface area contributed by atoms with Crippen molar-refractivity contribution in [3.05, 3.63) is 59.7 Å². The summed E-state index contributed by atoms with van der Waals surface area (Å²) in [6.45, 7) is 6.24. The molecule has 0 fully saturated rings. The molecule has 3 heteroatoms. The van der Waals surface area contributed by atoms with Crippen LogP contribution < -0.4 is 0 Å². The van der Waals surface area contributed by atoms with E-state index in [1.807, 2.05) is 42.5 Å². The average molecular weight is 334 g/mol. The predicted octanol–water partition coefficient (Wildman–Crippen LogP) is 4.19. The second-order valence-corrected chi connectivity index (χ2v) is 6.26. The van der Waals surface area contributed by atoms with Crippen LogP contribution in [0.2, 0.25) is 0 Å². The lowest BCUT2D eigenvalue weighted by Crippen LogP contribution is -2.42. The number of likely N-dealkylation sites (N-methyl/N-ethyl adjacent to an activating group) is 1. The van der Waals surface area contributed by atoms with Crippen molar-refractivity contribution in [2.24, 2.45) is 0 Å². The van der Waals surface area contributed by atoms with E-state index in [1.165, 1.54) is 0 Å². The Labute approximate surface area is 129 Å². The minimum atomic E-state index is -0.156. The summed E-state index contributed by atoms with van der Waals surface area (Å²) in [4.78, 5) is 14.7. The molecule has 1 aromatic rings. The Bertz CT molecular complexity index is 531. The first-order chi connectivity index (χ1) is 9.60. The number of ketones is 1. The number of nitrogens with zero attached hydrogens (tertiary/aromatic N) is 1. The number of benzene rings is 1. The van der Waals surface area contributed by atoms with E-state index < -0.39 is 0 Å². The summed E-state index contributed by atoms with van der Waals surface area (Å²) in [5, 5.41) is 0. The lowest BCUT2D eigenvalue weighted by atomic mass is 9.95. The topological polar surface area (TPSA) is 20.3 Å². The third kappa shape index (κ3) is 3.10. The van der Waals surface area contributed by atoms with Crippen LogP contribution in [0.1, 0.15) is 30.6 Å². The molecular formula is C17H20BrNO. The number of hydrogen-bond donors (Lipinski definition) is 0. The van der Waals surface area contributed by atoms with Gasteiger partial charge >= 0.3 is 0 Å². The molecule has 0 radical (unpaired) electrons. The molecule has 0 aromatic heterocycles. The summed E-state index contributed by atoms with van der Waals surface area (Å²) in [6, 6.07) is 9.43. The highest BCUT2D eigenvalue weighted by Gasteiger charge is 2.31. The van der Waals surface area contributed by atoms with E-state index in [0.29, 0.717) is 0 Å². The van der Waals surface area contributed by atoms with Crippen molar-refractivity contribution in [3.8, 4) is 0 Å². The Morgan fingerprint density at radius 1 is 1.25 bits per heavy atom. The van der Waals surface area contributed by atoms with Crippen molar-refractivity contribution in [2.75, 3.05) is 13.1 Å². The van der Waals surface area contributed by atoms with Crippen LogP contribution in [0.3, 0.4) is 0 Å². The summed E-state index contributed by atoms with van der Waals surface area (Å²) in [6.07, 6.45) is 6.86. The van der Waals surface area contributed by atoms with Crippen LogP contribution in [0, 0.1) is 0 Å².